The first-order chi connectivity index (χ1) is 9.13. The second-order valence-corrected chi connectivity index (χ2v) is 4.54. The molecule has 0 heterocycles. The molecule has 0 aliphatic heterocycles. The van der Waals surface area contributed by atoms with Crippen molar-refractivity contribution >= 4 is 11.6 Å². The summed E-state index contributed by atoms with van der Waals surface area (Å²) in [6, 6.07) is 14.9. The Morgan fingerprint density at radius 2 is 1.79 bits per heavy atom. The predicted octanol–water partition coefficient (Wildman–Crippen LogP) is 3.82. The Bertz CT molecular complexity index is 609. The zero-order valence-electron chi connectivity index (χ0n) is 9.92. The van der Waals surface area contributed by atoms with Crippen LogP contribution in [0, 0.1) is 17.1 Å². The van der Waals surface area contributed by atoms with E-state index in [4.69, 9.17) is 11.6 Å². The number of hydrogen-bond acceptors (Lipinski definition) is 2. The Kier molecular flexibility index (Phi) is 4.16. The van der Waals surface area contributed by atoms with Crippen molar-refractivity contribution in [2.75, 3.05) is 0 Å². The number of nitrogens with zero attached hydrogens (tertiary/aromatic N) is 1. The van der Waals surface area contributed by atoms with Gasteiger partial charge in [-0.15, -0.1) is 0 Å². The summed E-state index contributed by atoms with van der Waals surface area (Å²) in [6.07, 6.45) is -0.979. The zero-order valence-corrected chi connectivity index (χ0v) is 10.7. The van der Waals surface area contributed by atoms with Crippen molar-refractivity contribution in [2.24, 2.45) is 0 Å². The fourth-order valence-electron chi connectivity index (χ4n) is 1.88. The number of aliphatic hydroxyl groups excluding tert-OH is 1. The van der Waals surface area contributed by atoms with Gasteiger partial charge in [-0.1, -0.05) is 48.0 Å². The molecule has 19 heavy (non-hydrogen) atoms. The lowest BCUT2D eigenvalue weighted by atomic mass is 9.90. The van der Waals surface area contributed by atoms with Crippen LogP contribution in [0.5, 0.6) is 0 Å². The summed E-state index contributed by atoms with van der Waals surface area (Å²) >= 11 is 5.70. The number of rotatable bonds is 3. The summed E-state index contributed by atoms with van der Waals surface area (Å²) in [6.45, 7) is 0. The van der Waals surface area contributed by atoms with Crippen molar-refractivity contribution < 1.29 is 9.50 Å². The fraction of sp³-hybridized carbons (Fsp3) is 0.133. The van der Waals surface area contributed by atoms with Gasteiger partial charge in [-0.2, -0.15) is 5.26 Å². The second-order valence-electron chi connectivity index (χ2n) is 4.14. The smallest absolute Gasteiger partial charge is 0.141 e. The minimum absolute atomic E-state index is 0.0574. The molecule has 96 valence electrons. The van der Waals surface area contributed by atoms with E-state index in [0.29, 0.717) is 11.1 Å². The molecule has 2 nitrogen and oxygen atoms in total. The third-order valence-corrected chi connectivity index (χ3v) is 3.19. The summed E-state index contributed by atoms with van der Waals surface area (Å²) < 4.78 is 13.1. The van der Waals surface area contributed by atoms with Gasteiger partial charge in [0.25, 0.3) is 0 Å². The molecule has 0 saturated heterocycles. The van der Waals surface area contributed by atoms with Crippen LogP contribution in [-0.2, 0) is 0 Å². The van der Waals surface area contributed by atoms with Crippen LogP contribution in [0.15, 0.2) is 48.5 Å². The quantitative estimate of drug-likeness (QED) is 0.925. The topological polar surface area (TPSA) is 44.0 Å². The number of hydrogen-bond donors (Lipinski definition) is 1. The van der Waals surface area contributed by atoms with E-state index < -0.39 is 17.8 Å². The Hall–Kier alpha value is -1.89. The van der Waals surface area contributed by atoms with Crippen LogP contribution in [0.3, 0.4) is 0 Å². The molecule has 0 spiro atoms. The summed E-state index contributed by atoms with van der Waals surface area (Å²) in [4.78, 5) is 0. The normalized spacial score (nSPS) is 13.6. The van der Waals surface area contributed by atoms with E-state index in [2.05, 4.69) is 0 Å². The van der Waals surface area contributed by atoms with Crippen molar-refractivity contribution in [1.82, 2.24) is 0 Å². The van der Waals surface area contributed by atoms with E-state index in [1.807, 2.05) is 12.1 Å². The molecule has 1 N–H and O–H groups in total. The maximum atomic E-state index is 13.1. The molecule has 0 aliphatic rings. The predicted molar refractivity (Wildman–Crippen MR) is 71.2 cm³/mol. The molecule has 0 bridgehead atoms. The van der Waals surface area contributed by atoms with Gasteiger partial charge in [-0.05, 0) is 23.3 Å². The largest absolute Gasteiger partial charge is 0.387 e. The van der Waals surface area contributed by atoms with E-state index in [0.717, 1.165) is 0 Å². The highest BCUT2D eigenvalue weighted by Crippen LogP contribution is 2.32. The maximum Gasteiger partial charge on any atom is 0.141 e. The van der Waals surface area contributed by atoms with Gasteiger partial charge in [-0.25, -0.2) is 4.39 Å². The molecule has 0 radical (unpaired) electrons. The molecule has 2 aromatic carbocycles. The zero-order chi connectivity index (χ0) is 13.8. The molecular formula is C15H11ClFNO. The van der Waals surface area contributed by atoms with Gasteiger partial charge in [0.2, 0.25) is 0 Å². The third-order valence-electron chi connectivity index (χ3n) is 2.90. The van der Waals surface area contributed by atoms with Gasteiger partial charge in [0.15, 0.2) is 0 Å². The molecule has 2 rings (SSSR count). The Morgan fingerprint density at radius 1 is 1.11 bits per heavy atom. The summed E-state index contributed by atoms with van der Waals surface area (Å²) in [5, 5.41) is 19.4. The lowest BCUT2D eigenvalue weighted by molar-refractivity contribution is 0.164. The van der Waals surface area contributed by atoms with Crippen molar-refractivity contribution in [3.8, 4) is 6.07 Å². The maximum absolute atomic E-state index is 13.1. The molecule has 0 saturated carbocycles. The lowest BCUT2D eigenvalue weighted by Gasteiger charge is -2.17. The molecule has 2 unspecified atom stereocenters. The van der Waals surface area contributed by atoms with Gasteiger partial charge in [0, 0.05) is 0 Å². The average Bonchev–Trinajstić information content (AvgIpc) is 2.44. The first kappa shape index (κ1) is 13.5. The van der Waals surface area contributed by atoms with Gasteiger partial charge in [-0.3, -0.25) is 0 Å². The van der Waals surface area contributed by atoms with Gasteiger partial charge >= 0.3 is 0 Å². The van der Waals surface area contributed by atoms with E-state index >= 15 is 0 Å². The van der Waals surface area contributed by atoms with E-state index in [9.17, 15) is 14.8 Å². The third kappa shape index (κ3) is 2.93. The first-order valence-corrected chi connectivity index (χ1v) is 6.09. The SMILES string of the molecule is N#CC(c1ccc(F)c(Cl)c1)C(O)c1ccccc1. The van der Waals surface area contributed by atoms with E-state index in [1.54, 1.807) is 24.3 Å². The van der Waals surface area contributed by atoms with Crippen LogP contribution >= 0.6 is 11.6 Å². The van der Waals surface area contributed by atoms with Crippen LogP contribution in [0.25, 0.3) is 0 Å². The van der Waals surface area contributed by atoms with Crippen LogP contribution in [-0.4, -0.2) is 5.11 Å². The average molecular weight is 276 g/mol. The Morgan fingerprint density at radius 3 is 2.37 bits per heavy atom. The highest BCUT2D eigenvalue weighted by Gasteiger charge is 2.23. The van der Waals surface area contributed by atoms with E-state index in [-0.39, 0.29) is 5.02 Å². The van der Waals surface area contributed by atoms with Crippen LogP contribution in [0.1, 0.15) is 23.1 Å². The van der Waals surface area contributed by atoms with Gasteiger partial charge < -0.3 is 5.11 Å². The molecule has 4 heteroatoms. The second kappa shape index (κ2) is 5.83. The molecule has 0 aromatic heterocycles. The summed E-state index contributed by atoms with van der Waals surface area (Å²) in [7, 11) is 0. The highest BCUT2D eigenvalue weighted by molar-refractivity contribution is 6.30. The molecule has 2 atom stereocenters. The molecular weight excluding hydrogens is 265 g/mol. The minimum Gasteiger partial charge on any atom is -0.387 e. The minimum atomic E-state index is -0.979. The molecule has 0 amide bonds. The monoisotopic (exact) mass is 275 g/mol. The van der Waals surface area contributed by atoms with Gasteiger partial charge in [0.05, 0.1) is 17.2 Å². The van der Waals surface area contributed by atoms with Gasteiger partial charge in [0.1, 0.15) is 11.7 Å². The number of aliphatic hydroxyl groups is 1. The van der Waals surface area contributed by atoms with Crippen LogP contribution in [0.4, 0.5) is 4.39 Å². The van der Waals surface area contributed by atoms with Crippen molar-refractivity contribution in [2.45, 2.75) is 12.0 Å². The summed E-state index contributed by atoms with van der Waals surface area (Å²) in [5.41, 5.74) is 1.12. The Balaban J connectivity index is 2.35. The molecule has 0 aliphatic carbocycles. The fourth-order valence-corrected chi connectivity index (χ4v) is 2.06. The van der Waals surface area contributed by atoms with Crippen molar-refractivity contribution in [1.29, 1.82) is 5.26 Å². The number of halogens is 2. The standard InChI is InChI=1S/C15H11ClFNO/c16-13-8-11(6-7-14(13)17)12(9-18)15(19)10-4-2-1-3-5-10/h1-8,12,15,19H. The molecule has 2 aromatic rings. The highest BCUT2D eigenvalue weighted by atomic mass is 35.5. The van der Waals surface area contributed by atoms with Crippen LogP contribution < -0.4 is 0 Å². The summed E-state index contributed by atoms with van der Waals surface area (Å²) in [5.74, 6) is -1.34. The Labute approximate surface area is 115 Å². The van der Waals surface area contributed by atoms with Crippen molar-refractivity contribution in [3.05, 3.63) is 70.5 Å². The van der Waals surface area contributed by atoms with Crippen LogP contribution in [0.2, 0.25) is 5.02 Å². The molecule has 0 fully saturated rings. The lowest BCUT2D eigenvalue weighted by Crippen LogP contribution is -2.09. The first-order valence-electron chi connectivity index (χ1n) is 5.71. The number of benzene rings is 2. The van der Waals surface area contributed by atoms with Crippen molar-refractivity contribution in [3.63, 3.8) is 0 Å². The van der Waals surface area contributed by atoms with E-state index in [1.165, 1.54) is 18.2 Å². The number of nitriles is 1.